The molecular weight excluding hydrogens is 382 g/mol. The standard InChI is InChI=1S/C19H14ClN5O3/c1-27-14-8-11(15-12(9-21)17(22)25-19(23)24-15)7-13(20)16(14)28-18(26)10-5-3-2-4-6-10/h2-8H,1H3,(H4,22,23,24,25). The first-order valence-electron chi connectivity index (χ1n) is 7.92. The number of aromatic nitrogens is 2. The summed E-state index contributed by atoms with van der Waals surface area (Å²) in [5, 5.41) is 9.44. The minimum absolute atomic E-state index is 0.0373. The number of carbonyl (C=O) groups excluding carboxylic acids is 1. The van der Waals surface area contributed by atoms with E-state index in [9.17, 15) is 10.1 Å². The van der Waals surface area contributed by atoms with Crippen molar-refractivity contribution in [1.29, 1.82) is 5.26 Å². The fourth-order valence-corrected chi connectivity index (χ4v) is 2.75. The topological polar surface area (TPSA) is 137 Å². The number of benzene rings is 2. The highest BCUT2D eigenvalue weighted by Gasteiger charge is 2.20. The molecule has 28 heavy (non-hydrogen) atoms. The highest BCUT2D eigenvalue weighted by Crippen LogP contribution is 2.40. The van der Waals surface area contributed by atoms with Gasteiger partial charge in [0, 0.05) is 5.56 Å². The van der Waals surface area contributed by atoms with E-state index in [4.69, 9.17) is 32.5 Å². The molecule has 0 bridgehead atoms. The molecule has 0 saturated heterocycles. The van der Waals surface area contributed by atoms with Crippen molar-refractivity contribution < 1.29 is 14.3 Å². The van der Waals surface area contributed by atoms with Crippen LogP contribution in [0.25, 0.3) is 11.3 Å². The molecule has 0 aliphatic rings. The van der Waals surface area contributed by atoms with Crippen molar-refractivity contribution >= 4 is 29.3 Å². The number of anilines is 2. The van der Waals surface area contributed by atoms with Gasteiger partial charge in [-0.3, -0.25) is 0 Å². The number of hydrogen-bond acceptors (Lipinski definition) is 8. The van der Waals surface area contributed by atoms with Crippen molar-refractivity contribution in [3.63, 3.8) is 0 Å². The number of carbonyl (C=O) groups is 1. The van der Waals surface area contributed by atoms with Gasteiger partial charge in [0.25, 0.3) is 0 Å². The molecule has 0 aliphatic carbocycles. The zero-order chi connectivity index (χ0) is 20.3. The van der Waals surface area contributed by atoms with Gasteiger partial charge in [-0.25, -0.2) is 9.78 Å². The van der Waals surface area contributed by atoms with Crippen molar-refractivity contribution in [2.75, 3.05) is 18.6 Å². The van der Waals surface area contributed by atoms with Gasteiger partial charge in [0.2, 0.25) is 5.95 Å². The molecule has 0 unspecified atom stereocenters. The minimum Gasteiger partial charge on any atom is -0.493 e. The van der Waals surface area contributed by atoms with Gasteiger partial charge in [0.1, 0.15) is 17.5 Å². The predicted molar refractivity (Wildman–Crippen MR) is 104 cm³/mol. The summed E-state index contributed by atoms with van der Waals surface area (Å²) in [6.45, 7) is 0. The van der Waals surface area contributed by atoms with E-state index in [-0.39, 0.29) is 39.5 Å². The molecule has 0 fully saturated rings. The third-order valence-electron chi connectivity index (χ3n) is 3.77. The minimum atomic E-state index is -0.596. The number of methoxy groups -OCH3 is 1. The summed E-state index contributed by atoms with van der Waals surface area (Å²) in [4.78, 5) is 20.2. The molecule has 0 amide bonds. The van der Waals surface area contributed by atoms with Gasteiger partial charge in [-0.15, -0.1) is 0 Å². The van der Waals surface area contributed by atoms with Crippen LogP contribution in [0.3, 0.4) is 0 Å². The van der Waals surface area contributed by atoms with Crippen LogP contribution >= 0.6 is 11.6 Å². The monoisotopic (exact) mass is 395 g/mol. The second-order valence-electron chi connectivity index (χ2n) is 5.55. The normalized spacial score (nSPS) is 10.2. The number of nitriles is 1. The largest absolute Gasteiger partial charge is 0.493 e. The average Bonchev–Trinajstić information content (AvgIpc) is 2.69. The van der Waals surface area contributed by atoms with Crippen molar-refractivity contribution in [2.45, 2.75) is 0 Å². The van der Waals surface area contributed by atoms with Gasteiger partial charge in [-0.2, -0.15) is 10.2 Å². The van der Waals surface area contributed by atoms with Gasteiger partial charge in [-0.05, 0) is 24.3 Å². The molecule has 3 aromatic rings. The number of esters is 1. The van der Waals surface area contributed by atoms with Crippen LogP contribution < -0.4 is 20.9 Å². The Morgan fingerprint density at radius 3 is 2.54 bits per heavy atom. The number of rotatable bonds is 4. The Kier molecular flexibility index (Phi) is 5.29. The number of nitrogen functional groups attached to an aromatic ring is 2. The lowest BCUT2D eigenvalue weighted by Crippen LogP contribution is -2.10. The first kappa shape index (κ1) is 18.9. The maximum Gasteiger partial charge on any atom is 0.343 e. The average molecular weight is 396 g/mol. The maximum atomic E-state index is 12.3. The van der Waals surface area contributed by atoms with Crippen LogP contribution in [0, 0.1) is 11.3 Å². The summed E-state index contributed by atoms with van der Waals surface area (Å²) in [5.41, 5.74) is 12.4. The summed E-state index contributed by atoms with van der Waals surface area (Å²) in [6, 6.07) is 13.4. The van der Waals surface area contributed by atoms with Gasteiger partial charge in [0.15, 0.2) is 11.5 Å². The number of nitrogens with two attached hydrogens (primary N) is 2. The molecule has 1 aromatic heterocycles. The maximum absolute atomic E-state index is 12.3. The Morgan fingerprint density at radius 2 is 1.89 bits per heavy atom. The molecular formula is C19H14ClN5O3. The van der Waals surface area contributed by atoms with Crippen LogP contribution in [0.5, 0.6) is 11.5 Å². The lowest BCUT2D eigenvalue weighted by molar-refractivity contribution is 0.0730. The molecule has 9 heteroatoms. The number of hydrogen-bond donors (Lipinski definition) is 2. The van der Waals surface area contributed by atoms with E-state index < -0.39 is 5.97 Å². The molecule has 3 rings (SSSR count). The number of halogens is 1. The van der Waals surface area contributed by atoms with Gasteiger partial charge < -0.3 is 20.9 Å². The van der Waals surface area contributed by atoms with Crippen molar-refractivity contribution in [3.05, 3.63) is 58.6 Å². The lowest BCUT2D eigenvalue weighted by Gasteiger charge is -2.14. The summed E-state index contributed by atoms with van der Waals surface area (Å²) >= 11 is 6.32. The fraction of sp³-hybridized carbons (Fsp3) is 0.0526. The molecule has 2 aromatic carbocycles. The Labute approximate surface area is 165 Å². The van der Waals surface area contributed by atoms with E-state index in [1.54, 1.807) is 30.3 Å². The molecule has 1 heterocycles. The summed E-state index contributed by atoms with van der Waals surface area (Å²) in [6.07, 6.45) is 0. The first-order chi connectivity index (χ1) is 13.4. The molecule has 0 spiro atoms. The van der Waals surface area contributed by atoms with Gasteiger partial charge >= 0.3 is 5.97 Å². The second kappa shape index (κ2) is 7.82. The van der Waals surface area contributed by atoms with Crippen LogP contribution in [0.4, 0.5) is 11.8 Å². The van der Waals surface area contributed by atoms with E-state index in [0.29, 0.717) is 11.1 Å². The van der Waals surface area contributed by atoms with Crippen LogP contribution in [-0.4, -0.2) is 23.0 Å². The Bertz CT molecular complexity index is 1100. The Hall–Kier alpha value is -3.83. The molecule has 0 radical (unpaired) electrons. The van der Waals surface area contributed by atoms with E-state index in [0.717, 1.165) is 0 Å². The molecule has 0 aliphatic heterocycles. The smallest absolute Gasteiger partial charge is 0.343 e. The van der Waals surface area contributed by atoms with E-state index >= 15 is 0 Å². The molecule has 0 saturated carbocycles. The Balaban J connectivity index is 2.07. The third kappa shape index (κ3) is 3.65. The molecule has 0 atom stereocenters. The number of ether oxygens (including phenoxy) is 2. The zero-order valence-corrected chi connectivity index (χ0v) is 15.4. The van der Waals surface area contributed by atoms with Crippen molar-refractivity contribution in [2.24, 2.45) is 0 Å². The van der Waals surface area contributed by atoms with E-state index in [1.807, 2.05) is 6.07 Å². The highest BCUT2D eigenvalue weighted by atomic mass is 35.5. The van der Waals surface area contributed by atoms with E-state index in [1.165, 1.54) is 19.2 Å². The van der Waals surface area contributed by atoms with Gasteiger partial charge in [-0.1, -0.05) is 29.8 Å². The third-order valence-corrected chi connectivity index (χ3v) is 4.05. The zero-order valence-electron chi connectivity index (χ0n) is 14.6. The number of nitrogens with zero attached hydrogens (tertiary/aromatic N) is 3. The summed E-state index contributed by atoms with van der Waals surface area (Å²) in [5.74, 6) is -0.538. The van der Waals surface area contributed by atoms with Crippen molar-refractivity contribution in [3.8, 4) is 28.8 Å². The second-order valence-corrected chi connectivity index (χ2v) is 5.95. The molecule has 4 N–H and O–H groups in total. The fourth-order valence-electron chi connectivity index (χ4n) is 2.50. The highest BCUT2D eigenvalue weighted by molar-refractivity contribution is 6.32. The molecule has 140 valence electrons. The van der Waals surface area contributed by atoms with E-state index in [2.05, 4.69) is 9.97 Å². The van der Waals surface area contributed by atoms with Gasteiger partial charge in [0.05, 0.1) is 23.4 Å². The first-order valence-corrected chi connectivity index (χ1v) is 8.30. The SMILES string of the molecule is COc1cc(-c2nc(N)nc(N)c2C#N)cc(Cl)c1OC(=O)c1ccccc1. The van der Waals surface area contributed by atoms with Crippen molar-refractivity contribution in [1.82, 2.24) is 9.97 Å². The van der Waals surface area contributed by atoms with Crippen LogP contribution in [0.2, 0.25) is 5.02 Å². The lowest BCUT2D eigenvalue weighted by atomic mass is 10.1. The quantitative estimate of drug-likeness (QED) is 0.507. The molecule has 8 nitrogen and oxygen atoms in total. The summed E-state index contributed by atoms with van der Waals surface area (Å²) < 4.78 is 10.7. The van der Waals surface area contributed by atoms with Crippen LogP contribution in [0.1, 0.15) is 15.9 Å². The summed E-state index contributed by atoms with van der Waals surface area (Å²) in [7, 11) is 1.39. The van der Waals surface area contributed by atoms with Crippen LogP contribution in [-0.2, 0) is 0 Å². The predicted octanol–water partition coefficient (Wildman–Crippen LogP) is 3.06. The van der Waals surface area contributed by atoms with Crippen LogP contribution in [0.15, 0.2) is 42.5 Å². The Morgan fingerprint density at radius 1 is 1.18 bits per heavy atom.